The highest BCUT2D eigenvalue weighted by atomic mass is 79.9. The number of benzene rings is 1. The Bertz CT molecular complexity index is 392. The molecule has 4 nitrogen and oxygen atoms in total. The molecule has 1 aromatic carbocycles. The number of halogens is 1. The van der Waals surface area contributed by atoms with E-state index < -0.39 is 0 Å². The fraction of sp³-hybridized carbons (Fsp3) is 0.222. The zero-order valence-electron chi connectivity index (χ0n) is 7.25. The van der Waals surface area contributed by atoms with E-state index in [4.69, 9.17) is 15.2 Å². The van der Waals surface area contributed by atoms with E-state index in [9.17, 15) is 4.79 Å². The first kappa shape index (κ1) is 9.48. The normalized spacial score (nSPS) is 13.0. The first-order chi connectivity index (χ1) is 6.72. The van der Waals surface area contributed by atoms with Crippen LogP contribution in [0, 0.1) is 0 Å². The quantitative estimate of drug-likeness (QED) is 0.812. The van der Waals surface area contributed by atoms with E-state index in [-0.39, 0.29) is 19.1 Å². The maximum absolute atomic E-state index is 11.4. The van der Waals surface area contributed by atoms with E-state index in [1.807, 2.05) is 0 Å². The van der Waals surface area contributed by atoms with Gasteiger partial charge >= 0.3 is 0 Å². The van der Waals surface area contributed by atoms with Gasteiger partial charge in [-0.05, 0) is 28.1 Å². The molecule has 0 radical (unpaired) electrons. The number of fused-ring (bicyclic) bond motifs is 1. The van der Waals surface area contributed by atoms with Crippen LogP contribution in [0.2, 0.25) is 0 Å². The highest BCUT2D eigenvalue weighted by molar-refractivity contribution is 9.10. The number of carbonyl (C=O) groups excluding carboxylic acids is 1. The van der Waals surface area contributed by atoms with Crippen LogP contribution in [0.5, 0.6) is 11.5 Å². The number of ether oxygens (including phenoxy) is 2. The summed E-state index contributed by atoms with van der Waals surface area (Å²) in [5.74, 6) is 1.10. The summed E-state index contributed by atoms with van der Waals surface area (Å²) < 4.78 is 11.0. The fourth-order valence-corrected chi connectivity index (χ4v) is 1.78. The van der Waals surface area contributed by atoms with Crippen molar-refractivity contribution in [2.24, 2.45) is 5.73 Å². The Hall–Kier alpha value is -1.07. The van der Waals surface area contributed by atoms with Crippen molar-refractivity contribution < 1.29 is 14.3 Å². The smallest absolute Gasteiger partial charge is 0.231 e. The number of carbonyl (C=O) groups is 1. The van der Waals surface area contributed by atoms with Gasteiger partial charge in [0.15, 0.2) is 17.3 Å². The number of rotatable bonds is 2. The van der Waals surface area contributed by atoms with Gasteiger partial charge in [-0.2, -0.15) is 0 Å². The molecule has 0 amide bonds. The van der Waals surface area contributed by atoms with Gasteiger partial charge in [-0.15, -0.1) is 0 Å². The molecule has 0 saturated carbocycles. The van der Waals surface area contributed by atoms with Crippen LogP contribution in [0.1, 0.15) is 10.4 Å². The second-order valence-corrected chi connectivity index (χ2v) is 3.67. The van der Waals surface area contributed by atoms with Crippen LogP contribution in [0.15, 0.2) is 16.6 Å². The van der Waals surface area contributed by atoms with E-state index >= 15 is 0 Å². The van der Waals surface area contributed by atoms with E-state index in [1.165, 1.54) is 0 Å². The lowest BCUT2D eigenvalue weighted by Crippen LogP contribution is -2.14. The van der Waals surface area contributed by atoms with Crippen LogP contribution in [0.4, 0.5) is 0 Å². The molecule has 0 spiro atoms. The van der Waals surface area contributed by atoms with Crippen molar-refractivity contribution in [2.45, 2.75) is 0 Å². The van der Waals surface area contributed by atoms with Gasteiger partial charge in [-0.3, -0.25) is 4.79 Å². The Morgan fingerprint density at radius 1 is 1.43 bits per heavy atom. The van der Waals surface area contributed by atoms with Gasteiger partial charge in [-0.25, -0.2) is 0 Å². The molecule has 2 N–H and O–H groups in total. The zero-order valence-corrected chi connectivity index (χ0v) is 8.83. The summed E-state index contributed by atoms with van der Waals surface area (Å²) in [6.45, 7) is 0.181. The monoisotopic (exact) mass is 257 g/mol. The van der Waals surface area contributed by atoms with Gasteiger partial charge in [0.25, 0.3) is 0 Å². The summed E-state index contributed by atoms with van der Waals surface area (Å²) in [5.41, 5.74) is 5.80. The Labute approximate surface area is 89.1 Å². The van der Waals surface area contributed by atoms with Crippen LogP contribution >= 0.6 is 15.9 Å². The minimum absolute atomic E-state index is 0.0156. The maximum atomic E-state index is 11.4. The summed E-state index contributed by atoms with van der Waals surface area (Å²) in [6.07, 6.45) is 0. The van der Waals surface area contributed by atoms with Gasteiger partial charge < -0.3 is 15.2 Å². The molecular weight excluding hydrogens is 250 g/mol. The number of ketones is 1. The maximum Gasteiger partial charge on any atom is 0.231 e. The molecule has 1 aliphatic heterocycles. The molecule has 1 heterocycles. The third-order valence-electron chi connectivity index (χ3n) is 1.95. The van der Waals surface area contributed by atoms with Crippen LogP contribution < -0.4 is 15.2 Å². The van der Waals surface area contributed by atoms with Crippen molar-refractivity contribution in [1.29, 1.82) is 0 Å². The zero-order chi connectivity index (χ0) is 10.1. The third-order valence-corrected chi connectivity index (χ3v) is 2.60. The second kappa shape index (κ2) is 3.59. The van der Waals surface area contributed by atoms with Crippen molar-refractivity contribution in [2.75, 3.05) is 13.3 Å². The molecule has 14 heavy (non-hydrogen) atoms. The molecule has 1 aliphatic rings. The number of hydrogen-bond acceptors (Lipinski definition) is 4. The van der Waals surface area contributed by atoms with Gasteiger partial charge in [0.2, 0.25) is 6.79 Å². The molecular formula is C9H8BrNO3. The molecule has 0 aromatic heterocycles. The molecule has 5 heteroatoms. The lowest BCUT2D eigenvalue weighted by Gasteiger charge is -2.03. The van der Waals surface area contributed by atoms with E-state index in [0.29, 0.717) is 21.5 Å². The fourth-order valence-electron chi connectivity index (χ4n) is 1.24. The van der Waals surface area contributed by atoms with Gasteiger partial charge in [-0.1, -0.05) is 0 Å². The van der Waals surface area contributed by atoms with Crippen molar-refractivity contribution in [3.8, 4) is 11.5 Å². The molecule has 0 atom stereocenters. The van der Waals surface area contributed by atoms with Gasteiger partial charge in [0.05, 0.1) is 6.54 Å². The lowest BCUT2D eigenvalue weighted by atomic mass is 10.1. The molecule has 0 aliphatic carbocycles. The Morgan fingerprint density at radius 2 is 2.07 bits per heavy atom. The summed E-state index contributed by atoms with van der Waals surface area (Å²) in [6, 6.07) is 3.35. The third kappa shape index (κ3) is 1.49. The van der Waals surface area contributed by atoms with Crippen molar-refractivity contribution in [3.05, 3.63) is 22.2 Å². The summed E-state index contributed by atoms with van der Waals surface area (Å²) in [7, 11) is 0. The highest BCUT2D eigenvalue weighted by Crippen LogP contribution is 2.36. The molecule has 0 fully saturated rings. The van der Waals surface area contributed by atoms with Crippen molar-refractivity contribution >= 4 is 21.7 Å². The average Bonchev–Trinajstić information content (AvgIpc) is 2.62. The average molecular weight is 258 g/mol. The summed E-state index contributed by atoms with van der Waals surface area (Å²) >= 11 is 3.28. The first-order valence-electron chi connectivity index (χ1n) is 4.05. The standard InChI is InChI=1S/C9H8BrNO3/c10-6-2-9-8(13-4-14-9)1-5(6)7(12)3-11/h1-2H,3-4,11H2. The second-order valence-electron chi connectivity index (χ2n) is 2.81. The molecule has 2 rings (SSSR count). The highest BCUT2D eigenvalue weighted by Gasteiger charge is 2.18. The van der Waals surface area contributed by atoms with Gasteiger partial charge in [0.1, 0.15) is 0 Å². The summed E-state index contributed by atoms with van der Waals surface area (Å²) in [5, 5.41) is 0. The summed E-state index contributed by atoms with van der Waals surface area (Å²) in [4.78, 5) is 11.4. The van der Waals surface area contributed by atoms with E-state index in [0.717, 1.165) is 0 Å². The number of nitrogens with two attached hydrogens (primary N) is 1. The number of hydrogen-bond donors (Lipinski definition) is 1. The van der Waals surface area contributed by atoms with Crippen LogP contribution in [-0.2, 0) is 0 Å². The Kier molecular flexibility index (Phi) is 2.43. The largest absolute Gasteiger partial charge is 0.454 e. The van der Waals surface area contributed by atoms with Crippen LogP contribution in [0.3, 0.4) is 0 Å². The first-order valence-corrected chi connectivity index (χ1v) is 4.84. The molecule has 1 aromatic rings. The molecule has 0 unspecified atom stereocenters. The minimum atomic E-state index is -0.129. The van der Waals surface area contributed by atoms with Gasteiger partial charge in [0, 0.05) is 10.0 Å². The lowest BCUT2D eigenvalue weighted by molar-refractivity contribution is 0.1000. The van der Waals surface area contributed by atoms with Crippen molar-refractivity contribution in [3.63, 3.8) is 0 Å². The predicted octanol–water partition coefficient (Wildman–Crippen LogP) is 1.32. The molecule has 0 bridgehead atoms. The number of Topliss-reactive ketones (excluding diaryl/α,β-unsaturated/α-hetero) is 1. The topological polar surface area (TPSA) is 61.6 Å². The SMILES string of the molecule is NCC(=O)c1cc2c(cc1Br)OCO2. The minimum Gasteiger partial charge on any atom is -0.454 e. The van der Waals surface area contributed by atoms with Crippen LogP contribution in [-0.4, -0.2) is 19.1 Å². The Morgan fingerprint density at radius 3 is 2.71 bits per heavy atom. The molecule has 0 saturated heterocycles. The predicted molar refractivity (Wildman–Crippen MR) is 53.6 cm³/mol. The van der Waals surface area contributed by atoms with E-state index in [1.54, 1.807) is 12.1 Å². The van der Waals surface area contributed by atoms with Crippen LogP contribution in [0.25, 0.3) is 0 Å². The molecule has 74 valence electrons. The Balaban J connectivity index is 2.47. The van der Waals surface area contributed by atoms with E-state index in [2.05, 4.69) is 15.9 Å². The van der Waals surface area contributed by atoms with Crippen molar-refractivity contribution in [1.82, 2.24) is 0 Å².